The summed E-state index contributed by atoms with van der Waals surface area (Å²) in [5.41, 5.74) is 0.697. The van der Waals surface area contributed by atoms with E-state index in [0.717, 1.165) is 19.5 Å². The van der Waals surface area contributed by atoms with E-state index in [1.807, 2.05) is 13.8 Å². The van der Waals surface area contributed by atoms with Crippen molar-refractivity contribution in [1.29, 1.82) is 0 Å². The monoisotopic (exact) mass is 355 g/mol. The van der Waals surface area contributed by atoms with E-state index in [4.69, 9.17) is 9.47 Å². The SMILES string of the molecule is CC(C)Oc1cc(Oc2ccc(C(=O)N3CCC3)cc2)cc(C(=O)O)c1. The number of carboxylic acid groups (broad SMARTS) is 1. The Balaban J connectivity index is 1.77. The number of rotatable bonds is 6. The van der Waals surface area contributed by atoms with Crippen LogP contribution in [0.1, 0.15) is 41.0 Å². The van der Waals surface area contributed by atoms with Gasteiger partial charge in [0.1, 0.15) is 17.2 Å². The molecule has 0 spiro atoms. The molecule has 6 nitrogen and oxygen atoms in total. The van der Waals surface area contributed by atoms with Crippen LogP contribution < -0.4 is 9.47 Å². The van der Waals surface area contributed by atoms with Crippen molar-refractivity contribution in [3.05, 3.63) is 53.6 Å². The lowest BCUT2D eigenvalue weighted by Crippen LogP contribution is -2.41. The van der Waals surface area contributed by atoms with Crippen LogP contribution in [0.25, 0.3) is 0 Å². The summed E-state index contributed by atoms with van der Waals surface area (Å²) in [6, 6.07) is 11.4. The fourth-order valence-electron chi connectivity index (χ4n) is 2.60. The third-order valence-electron chi connectivity index (χ3n) is 3.98. The molecule has 6 heteroatoms. The van der Waals surface area contributed by atoms with Crippen molar-refractivity contribution < 1.29 is 24.2 Å². The minimum absolute atomic E-state index is 0.0169. The minimum Gasteiger partial charge on any atom is -0.491 e. The predicted molar refractivity (Wildman–Crippen MR) is 96.2 cm³/mol. The highest BCUT2D eigenvalue weighted by Crippen LogP contribution is 2.28. The molecule has 0 radical (unpaired) electrons. The second kappa shape index (κ2) is 7.47. The van der Waals surface area contributed by atoms with Crippen LogP contribution in [-0.4, -0.2) is 41.1 Å². The Morgan fingerprint density at radius 1 is 0.962 bits per heavy atom. The lowest BCUT2D eigenvalue weighted by Gasteiger charge is -2.30. The average Bonchev–Trinajstić information content (AvgIpc) is 2.53. The Hall–Kier alpha value is -3.02. The number of carboxylic acids is 1. The van der Waals surface area contributed by atoms with Gasteiger partial charge in [0.05, 0.1) is 11.7 Å². The van der Waals surface area contributed by atoms with E-state index in [0.29, 0.717) is 22.8 Å². The van der Waals surface area contributed by atoms with E-state index in [9.17, 15) is 14.7 Å². The van der Waals surface area contributed by atoms with E-state index < -0.39 is 5.97 Å². The van der Waals surface area contributed by atoms with Gasteiger partial charge in [0.25, 0.3) is 5.91 Å². The van der Waals surface area contributed by atoms with Gasteiger partial charge in [-0.1, -0.05) is 0 Å². The predicted octanol–water partition coefficient (Wildman–Crippen LogP) is 3.81. The van der Waals surface area contributed by atoms with Gasteiger partial charge in [-0.25, -0.2) is 4.79 Å². The third kappa shape index (κ3) is 4.14. The number of hydrogen-bond donors (Lipinski definition) is 1. The highest BCUT2D eigenvalue weighted by molar-refractivity contribution is 5.94. The van der Waals surface area contributed by atoms with E-state index in [1.54, 1.807) is 35.2 Å². The molecule has 1 aliphatic rings. The Morgan fingerprint density at radius 2 is 1.62 bits per heavy atom. The molecule has 1 N–H and O–H groups in total. The van der Waals surface area contributed by atoms with Gasteiger partial charge in [0.15, 0.2) is 0 Å². The number of carbonyl (C=O) groups is 2. The molecule has 2 aromatic carbocycles. The second-order valence-electron chi connectivity index (χ2n) is 6.44. The van der Waals surface area contributed by atoms with Crippen molar-refractivity contribution in [2.45, 2.75) is 26.4 Å². The van der Waals surface area contributed by atoms with E-state index in [-0.39, 0.29) is 17.6 Å². The summed E-state index contributed by atoms with van der Waals surface area (Å²) in [6.07, 6.45) is 0.965. The maximum atomic E-state index is 12.2. The zero-order chi connectivity index (χ0) is 18.7. The van der Waals surface area contributed by atoms with Crippen molar-refractivity contribution in [1.82, 2.24) is 4.90 Å². The molecule has 0 saturated carbocycles. The first-order valence-corrected chi connectivity index (χ1v) is 8.54. The maximum Gasteiger partial charge on any atom is 0.335 e. The van der Waals surface area contributed by atoms with Crippen molar-refractivity contribution in [2.24, 2.45) is 0 Å². The van der Waals surface area contributed by atoms with Gasteiger partial charge in [0, 0.05) is 24.7 Å². The number of ether oxygens (including phenoxy) is 2. The lowest BCUT2D eigenvalue weighted by molar-refractivity contribution is 0.0650. The van der Waals surface area contributed by atoms with Crippen molar-refractivity contribution in [3.8, 4) is 17.2 Å². The third-order valence-corrected chi connectivity index (χ3v) is 3.98. The van der Waals surface area contributed by atoms with Crippen molar-refractivity contribution >= 4 is 11.9 Å². The minimum atomic E-state index is -1.06. The standard InChI is InChI=1S/C20H21NO5/c1-13(2)25-17-10-15(20(23)24)11-18(12-17)26-16-6-4-14(5-7-16)19(22)21-8-3-9-21/h4-7,10-13H,3,8-9H2,1-2H3,(H,23,24). The highest BCUT2D eigenvalue weighted by Gasteiger charge is 2.21. The largest absolute Gasteiger partial charge is 0.491 e. The lowest BCUT2D eigenvalue weighted by atomic mass is 10.1. The fourth-order valence-corrected chi connectivity index (χ4v) is 2.60. The molecule has 26 heavy (non-hydrogen) atoms. The Bertz CT molecular complexity index is 809. The smallest absolute Gasteiger partial charge is 0.335 e. The van der Waals surface area contributed by atoms with Crippen molar-refractivity contribution in [2.75, 3.05) is 13.1 Å². The van der Waals surface area contributed by atoms with Gasteiger partial charge in [-0.3, -0.25) is 4.79 Å². The quantitative estimate of drug-likeness (QED) is 0.853. The molecular formula is C20H21NO5. The number of carbonyl (C=O) groups excluding carboxylic acids is 1. The molecule has 0 aliphatic carbocycles. The summed E-state index contributed by atoms with van der Waals surface area (Å²) in [7, 11) is 0. The van der Waals surface area contributed by atoms with Crippen LogP contribution in [0.2, 0.25) is 0 Å². The summed E-state index contributed by atoms with van der Waals surface area (Å²) in [6.45, 7) is 5.33. The van der Waals surface area contributed by atoms with Gasteiger partial charge >= 0.3 is 5.97 Å². The van der Waals surface area contributed by atoms with Gasteiger partial charge < -0.3 is 19.5 Å². The average molecular weight is 355 g/mol. The molecule has 2 aromatic rings. The molecule has 1 heterocycles. The fraction of sp³-hybridized carbons (Fsp3) is 0.300. The Labute approximate surface area is 152 Å². The molecule has 136 valence electrons. The van der Waals surface area contributed by atoms with E-state index in [2.05, 4.69) is 0 Å². The van der Waals surface area contributed by atoms with Gasteiger partial charge in [0.2, 0.25) is 0 Å². The molecule has 0 aromatic heterocycles. The number of amides is 1. The Kier molecular flexibility index (Phi) is 5.11. The first-order valence-electron chi connectivity index (χ1n) is 8.54. The Morgan fingerprint density at radius 3 is 2.15 bits per heavy atom. The van der Waals surface area contributed by atoms with E-state index >= 15 is 0 Å². The molecule has 0 bridgehead atoms. The summed E-state index contributed by atoms with van der Waals surface area (Å²) in [5.74, 6) is 0.271. The highest BCUT2D eigenvalue weighted by atomic mass is 16.5. The van der Waals surface area contributed by atoms with E-state index in [1.165, 1.54) is 12.1 Å². The number of nitrogens with zero attached hydrogens (tertiary/aromatic N) is 1. The summed E-state index contributed by atoms with van der Waals surface area (Å²) in [4.78, 5) is 25.3. The number of benzene rings is 2. The molecule has 1 amide bonds. The van der Waals surface area contributed by atoms with Crippen LogP contribution in [0.15, 0.2) is 42.5 Å². The number of aromatic carboxylic acids is 1. The summed E-state index contributed by atoms with van der Waals surface area (Å²) < 4.78 is 11.3. The second-order valence-corrected chi connectivity index (χ2v) is 6.44. The topological polar surface area (TPSA) is 76.1 Å². The molecule has 3 rings (SSSR count). The molecule has 1 saturated heterocycles. The zero-order valence-electron chi connectivity index (χ0n) is 14.8. The van der Waals surface area contributed by atoms with Crippen LogP contribution in [0, 0.1) is 0 Å². The molecule has 1 fully saturated rings. The molecule has 1 aliphatic heterocycles. The van der Waals surface area contributed by atoms with Crippen LogP contribution in [0.4, 0.5) is 0 Å². The van der Waals surface area contributed by atoms with Crippen LogP contribution >= 0.6 is 0 Å². The van der Waals surface area contributed by atoms with Crippen LogP contribution in [-0.2, 0) is 0 Å². The van der Waals surface area contributed by atoms with Crippen LogP contribution in [0.3, 0.4) is 0 Å². The van der Waals surface area contributed by atoms with Gasteiger partial charge in [-0.05, 0) is 56.7 Å². The van der Waals surface area contributed by atoms with Gasteiger partial charge in [-0.15, -0.1) is 0 Å². The number of likely N-dealkylation sites (tertiary alicyclic amines) is 1. The van der Waals surface area contributed by atoms with Gasteiger partial charge in [-0.2, -0.15) is 0 Å². The summed E-state index contributed by atoms with van der Waals surface area (Å²) >= 11 is 0. The summed E-state index contributed by atoms with van der Waals surface area (Å²) in [5, 5.41) is 9.26. The first kappa shape index (κ1) is 17.8. The van der Waals surface area contributed by atoms with Crippen molar-refractivity contribution in [3.63, 3.8) is 0 Å². The normalized spacial score (nSPS) is 13.3. The zero-order valence-corrected chi connectivity index (χ0v) is 14.8. The first-order chi connectivity index (χ1) is 12.4. The molecular weight excluding hydrogens is 334 g/mol. The molecule has 0 atom stereocenters. The maximum absolute atomic E-state index is 12.2. The molecule has 0 unspecified atom stereocenters. The van der Waals surface area contributed by atoms with Crippen LogP contribution in [0.5, 0.6) is 17.2 Å². The number of hydrogen-bond acceptors (Lipinski definition) is 4.